The van der Waals surface area contributed by atoms with Crippen LogP contribution in [0.2, 0.25) is 5.02 Å². The van der Waals surface area contributed by atoms with Gasteiger partial charge in [-0.25, -0.2) is 4.39 Å². The summed E-state index contributed by atoms with van der Waals surface area (Å²) in [5.74, 6) is -0.329. The standard InChI is InChI=1S/C14H19ClFNO2/c15-13-7-12(16)2-1-11(13)8-17-9-14(10-18)3-5-19-6-4-14/h1-2,7,17-18H,3-6,8-10H2. The number of hydrogen-bond acceptors (Lipinski definition) is 3. The lowest BCUT2D eigenvalue weighted by Gasteiger charge is -2.35. The average Bonchev–Trinajstić information content (AvgIpc) is 2.42. The first-order chi connectivity index (χ1) is 9.15. The van der Waals surface area contributed by atoms with Crippen molar-refractivity contribution >= 4 is 11.6 Å². The Kier molecular flexibility index (Phi) is 5.16. The summed E-state index contributed by atoms with van der Waals surface area (Å²) >= 11 is 5.97. The van der Waals surface area contributed by atoms with Crippen LogP contribution in [0, 0.1) is 11.2 Å². The maximum absolute atomic E-state index is 12.9. The highest BCUT2D eigenvalue weighted by Gasteiger charge is 2.31. The van der Waals surface area contributed by atoms with E-state index in [0.29, 0.717) is 31.3 Å². The molecule has 0 unspecified atom stereocenters. The summed E-state index contributed by atoms with van der Waals surface area (Å²) in [4.78, 5) is 0. The summed E-state index contributed by atoms with van der Waals surface area (Å²) in [5, 5.41) is 13.3. The fourth-order valence-corrected chi connectivity index (χ4v) is 2.56. The minimum absolute atomic E-state index is 0.106. The van der Waals surface area contributed by atoms with Gasteiger partial charge in [-0.3, -0.25) is 0 Å². The van der Waals surface area contributed by atoms with Crippen LogP contribution in [-0.4, -0.2) is 31.5 Å². The lowest BCUT2D eigenvalue weighted by Crippen LogP contribution is -2.41. The van der Waals surface area contributed by atoms with Crippen molar-refractivity contribution in [3.05, 3.63) is 34.6 Å². The SMILES string of the molecule is OCC1(CNCc2ccc(F)cc2Cl)CCOCC1. The summed E-state index contributed by atoms with van der Waals surface area (Å²) in [7, 11) is 0. The smallest absolute Gasteiger partial charge is 0.124 e. The van der Waals surface area contributed by atoms with Gasteiger partial charge in [0.1, 0.15) is 5.82 Å². The van der Waals surface area contributed by atoms with Crippen LogP contribution in [-0.2, 0) is 11.3 Å². The second kappa shape index (κ2) is 6.66. The van der Waals surface area contributed by atoms with Gasteiger partial charge in [-0.2, -0.15) is 0 Å². The molecule has 0 bridgehead atoms. The van der Waals surface area contributed by atoms with E-state index < -0.39 is 0 Å². The highest BCUT2D eigenvalue weighted by Crippen LogP contribution is 2.29. The molecule has 0 aliphatic carbocycles. The van der Waals surface area contributed by atoms with Gasteiger partial charge in [0.2, 0.25) is 0 Å². The largest absolute Gasteiger partial charge is 0.396 e. The first-order valence-electron chi connectivity index (χ1n) is 6.48. The van der Waals surface area contributed by atoms with Crippen LogP contribution in [0.5, 0.6) is 0 Å². The molecule has 2 rings (SSSR count). The van der Waals surface area contributed by atoms with E-state index in [0.717, 1.165) is 18.4 Å². The summed E-state index contributed by atoms with van der Waals surface area (Å²) < 4.78 is 18.2. The van der Waals surface area contributed by atoms with Crippen molar-refractivity contribution in [2.75, 3.05) is 26.4 Å². The van der Waals surface area contributed by atoms with Crippen LogP contribution in [0.3, 0.4) is 0 Å². The van der Waals surface area contributed by atoms with Crippen LogP contribution in [0.1, 0.15) is 18.4 Å². The third-order valence-electron chi connectivity index (χ3n) is 3.72. The number of ether oxygens (including phenoxy) is 1. The number of hydrogen-bond donors (Lipinski definition) is 2. The Morgan fingerprint density at radius 2 is 2.11 bits per heavy atom. The lowest BCUT2D eigenvalue weighted by molar-refractivity contribution is -0.0154. The van der Waals surface area contributed by atoms with Gasteiger partial charge in [0, 0.05) is 36.7 Å². The van der Waals surface area contributed by atoms with Crippen LogP contribution in [0.25, 0.3) is 0 Å². The van der Waals surface area contributed by atoms with Crippen LogP contribution in [0.4, 0.5) is 4.39 Å². The zero-order valence-electron chi connectivity index (χ0n) is 10.8. The van der Waals surface area contributed by atoms with Gasteiger partial charge in [-0.15, -0.1) is 0 Å². The lowest BCUT2D eigenvalue weighted by atomic mass is 9.81. The molecular formula is C14H19ClFNO2. The molecule has 0 atom stereocenters. The zero-order chi connectivity index (χ0) is 13.7. The van der Waals surface area contributed by atoms with Crippen LogP contribution < -0.4 is 5.32 Å². The van der Waals surface area contributed by atoms with Crippen molar-refractivity contribution in [1.29, 1.82) is 0 Å². The first kappa shape index (κ1) is 14.7. The Balaban J connectivity index is 1.88. The van der Waals surface area contributed by atoms with E-state index in [1.807, 2.05) is 0 Å². The molecule has 0 amide bonds. The van der Waals surface area contributed by atoms with Crippen molar-refractivity contribution in [1.82, 2.24) is 5.32 Å². The molecule has 2 N–H and O–H groups in total. The van der Waals surface area contributed by atoms with Gasteiger partial charge in [-0.1, -0.05) is 17.7 Å². The number of rotatable bonds is 5. The molecule has 1 fully saturated rings. The molecule has 1 saturated heterocycles. The minimum Gasteiger partial charge on any atom is -0.396 e. The molecule has 1 aromatic rings. The van der Waals surface area contributed by atoms with Gasteiger partial charge in [0.05, 0.1) is 6.61 Å². The average molecular weight is 288 g/mol. The fourth-order valence-electron chi connectivity index (χ4n) is 2.32. The van der Waals surface area contributed by atoms with Crippen LogP contribution >= 0.6 is 11.6 Å². The predicted molar refractivity (Wildman–Crippen MR) is 72.7 cm³/mol. The number of aliphatic hydroxyl groups excluding tert-OH is 1. The predicted octanol–water partition coefficient (Wildman–Crippen LogP) is 2.36. The molecule has 1 aromatic carbocycles. The summed E-state index contributed by atoms with van der Waals surface area (Å²) in [5.41, 5.74) is 0.758. The molecular weight excluding hydrogens is 269 g/mol. The zero-order valence-corrected chi connectivity index (χ0v) is 11.5. The second-order valence-electron chi connectivity index (χ2n) is 5.11. The fraction of sp³-hybridized carbons (Fsp3) is 0.571. The third-order valence-corrected chi connectivity index (χ3v) is 4.07. The number of aliphatic hydroxyl groups is 1. The van der Waals surface area contributed by atoms with E-state index in [1.54, 1.807) is 6.07 Å². The Bertz CT molecular complexity index is 422. The molecule has 0 radical (unpaired) electrons. The van der Waals surface area contributed by atoms with Gasteiger partial charge in [0.25, 0.3) is 0 Å². The van der Waals surface area contributed by atoms with Crippen molar-refractivity contribution in [3.63, 3.8) is 0 Å². The Labute approximate surface area is 117 Å². The highest BCUT2D eigenvalue weighted by molar-refractivity contribution is 6.31. The van der Waals surface area contributed by atoms with Crippen molar-refractivity contribution in [2.24, 2.45) is 5.41 Å². The summed E-state index contributed by atoms with van der Waals surface area (Å²) in [6, 6.07) is 4.40. The van der Waals surface area contributed by atoms with E-state index in [4.69, 9.17) is 16.3 Å². The molecule has 0 spiro atoms. The molecule has 1 aliphatic heterocycles. The molecule has 106 valence electrons. The molecule has 3 nitrogen and oxygen atoms in total. The third kappa shape index (κ3) is 3.89. The summed E-state index contributed by atoms with van der Waals surface area (Å²) in [6.07, 6.45) is 1.71. The van der Waals surface area contributed by atoms with Gasteiger partial charge in [0.15, 0.2) is 0 Å². The van der Waals surface area contributed by atoms with E-state index in [1.165, 1.54) is 12.1 Å². The normalized spacial score (nSPS) is 18.5. The van der Waals surface area contributed by atoms with E-state index in [-0.39, 0.29) is 17.8 Å². The Hall–Kier alpha value is -0.680. The van der Waals surface area contributed by atoms with Crippen LogP contribution in [0.15, 0.2) is 18.2 Å². The van der Waals surface area contributed by atoms with E-state index in [9.17, 15) is 9.50 Å². The molecule has 1 aliphatic rings. The number of halogens is 2. The molecule has 19 heavy (non-hydrogen) atoms. The number of nitrogens with one attached hydrogen (secondary N) is 1. The monoisotopic (exact) mass is 287 g/mol. The molecule has 5 heteroatoms. The minimum atomic E-state index is -0.329. The first-order valence-corrected chi connectivity index (χ1v) is 6.86. The van der Waals surface area contributed by atoms with Crippen molar-refractivity contribution in [2.45, 2.75) is 19.4 Å². The quantitative estimate of drug-likeness (QED) is 0.873. The summed E-state index contributed by atoms with van der Waals surface area (Å²) in [6.45, 7) is 2.82. The van der Waals surface area contributed by atoms with Gasteiger partial charge in [-0.05, 0) is 30.5 Å². The Morgan fingerprint density at radius 3 is 2.74 bits per heavy atom. The maximum atomic E-state index is 12.9. The van der Waals surface area contributed by atoms with Crippen molar-refractivity contribution in [3.8, 4) is 0 Å². The van der Waals surface area contributed by atoms with Gasteiger partial charge >= 0.3 is 0 Å². The Morgan fingerprint density at radius 1 is 1.37 bits per heavy atom. The molecule has 0 aromatic heterocycles. The van der Waals surface area contributed by atoms with Gasteiger partial charge < -0.3 is 15.2 Å². The topological polar surface area (TPSA) is 41.5 Å². The molecule has 0 saturated carbocycles. The van der Waals surface area contributed by atoms with E-state index >= 15 is 0 Å². The number of benzene rings is 1. The molecule has 1 heterocycles. The highest BCUT2D eigenvalue weighted by atomic mass is 35.5. The van der Waals surface area contributed by atoms with E-state index in [2.05, 4.69) is 5.32 Å². The maximum Gasteiger partial charge on any atom is 0.124 e. The van der Waals surface area contributed by atoms with Crippen molar-refractivity contribution < 1.29 is 14.2 Å². The second-order valence-corrected chi connectivity index (χ2v) is 5.52.